The number of hydrogen-bond acceptors (Lipinski definition) is 5. The monoisotopic (exact) mass is 367 g/mol. The zero-order valence-corrected chi connectivity index (χ0v) is 16.0. The summed E-state index contributed by atoms with van der Waals surface area (Å²) in [5.74, 6) is 1.28. The molecule has 8 nitrogen and oxygen atoms in total. The van der Waals surface area contributed by atoms with Gasteiger partial charge in [0, 0.05) is 45.1 Å². The van der Waals surface area contributed by atoms with Crippen LogP contribution in [-0.4, -0.2) is 61.4 Å². The molecule has 0 aliphatic carbocycles. The maximum absolute atomic E-state index is 13.0. The predicted molar refractivity (Wildman–Crippen MR) is 103 cm³/mol. The van der Waals surface area contributed by atoms with E-state index in [9.17, 15) is 4.79 Å². The average molecular weight is 367 g/mol. The van der Waals surface area contributed by atoms with Crippen LogP contribution in [0.1, 0.15) is 42.9 Å². The van der Waals surface area contributed by atoms with Gasteiger partial charge in [-0.1, -0.05) is 13.8 Å². The van der Waals surface area contributed by atoms with E-state index in [-0.39, 0.29) is 5.91 Å². The Morgan fingerprint density at radius 3 is 2.63 bits per heavy atom. The summed E-state index contributed by atoms with van der Waals surface area (Å²) in [5.41, 5.74) is 2.49. The van der Waals surface area contributed by atoms with Crippen molar-refractivity contribution in [2.75, 3.05) is 31.1 Å². The Balaban J connectivity index is 1.46. The Bertz CT molecular complexity index is 950. The number of hydrogen-bond donors (Lipinski definition) is 0. The van der Waals surface area contributed by atoms with Crippen LogP contribution in [0.15, 0.2) is 30.6 Å². The number of piperazine rings is 1. The van der Waals surface area contributed by atoms with Crippen LogP contribution in [0.25, 0.3) is 5.65 Å². The molecule has 27 heavy (non-hydrogen) atoms. The average Bonchev–Trinajstić information content (AvgIpc) is 3.33. The highest BCUT2D eigenvalue weighted by Crippen LogP contribution is 2.19. The Labute approximate surface area is 158 Å². The van der Waals surface area contributed by atoms with Gasteiger partial charge < -0.3 is 9.80 Å². The first-order valence-electron chi connectivity index (χ1n) is 9.49. The van der Waals surface area contributed by atoms with Gasteiger partial charge in [-0.2, -0.15) is 5.10 Å². The Morgan fingerprint density at radius 1 is 1.15 bits per heavy atom. The number of aryl methyl sites for hydroxylation is 1. The second-order valence-corrected chi connectivity index (χ2v) is 7.13. The third-order valence-electron chi connectivity index (χ3n) is 5.04. The molecular weight excluding hydrogens is 342 g/mol. The third-order valence-corrected chi connectivity index (χ3v) is 5.04. The van der Waals surface area contributed by atoms with E-state index < -0.39 is 0 Å². The standard InChI is InChI=1S/C19H25N7O/c1-4-25-16(13-15(21-25)14(2)3)19(27)24-11-9-23(10-12-24)18-6-5-17-20-7-8-26(17)22-18/h5-8,13-14H,4,9-12H2,1-3H3. The molecule has 0 spiro atoms. The van der Waals surface area contributed by atoms with Gasteiger partial charge in [-0.25, -0.2) is 9.50 Å². The van der Waals surface area contributed by atoms with Crippen LogP contribution in [0.3, 0.4) is 0 Å². The molecule has 142 valence electrons. The second-order valence-electron chi connectivity index (χ2n) is 7.13. The maximum Gasteiger partial charge on any atom is 0.272 e. The number of rotatable bonds is 4. The van der Waals surface area contributed by atoms with Crippen molar-refractivity contribution in [2.45, 2.75) is 33.2 Å². The number of imidazole rings is 1. The molecule has 0 bridgehead atoms. The molecule has 0 unspecified atom stereocenters. The van der Waals surface area contributed by atoms with Crippen molar-refractivity contribution in [3.63, 3.8) is 0 Å². The molecule has 1 fully saturated rings. The fourth-order valence-electron chi connectivity index (χ4n) is 3.41. The van der Waals surface area contributed by atoms with Gasteiger partial charge in [-0.3, -0.25) is 9.48 Å². The van der Waals surface area contributed by atoms with Crippen molar-refractivity contribution in [3.05, 3.63) is 42.0 Å². The minimum atomic E-state index is 0.0638. The Morgan fingerprint density at radius 2 is 1.93 bits per heavy atom. The van der Waals surface area contributed by atoms with Gasteiger partial charge in [0.05, 0.1) is 5.69 Å². The molecule has 0 radical (unpaired) electrons. The van der Waals surface area contributed by atoms with Gasteiger partial charge in [0.15, 0.2) is 5.65 Å². The first kappa shape index (κ1) is 17.5. The smallest absolute Gasteiger partial charge is 0.272 e. The van der Waals surface area contributed by atoms with E-state index in [1.165, 1.54) is 0 Å². The summed E-state index contributed by atoms with van der Waals surface area (Å²) in [5, 5.41) is 9.17. The molecule has 4 rings (SSSR count). The van der Waals surface area contributed by atoms with Crippen molar-refractivity contribution in [3.8, 4) is 0 Å². The van der Waals surface area contributed by atoms with Crippen molar-refractivity contribution < 1.29 is 4.79 Å². The summed E-state index contributed by atoms with van der Waals surface area (Å²) in [6.07, 6.45) is 3.59. The minimum absolute atomic E-state index is 0.0638. The summed E-state index contributed by atoms with van der Waals surface area (Å²) in [6, 6.07) is 5.89. The molecule has 1 aliphatic heterocycles. The van der Waals surface area contributed by atoms with Crippen molar-refractivity contribution in [1.29, 1.82) is 0 Å². The number of anilines is 1. The van der Waals surface area contributed by atoms with Gasteiger partial charge >= 0.3 is 0 Å². The van der Waals surface area contributed by atoms with Crippen LogP contribution in [0, 0.1) is 0 Å². The molecule has 3 aromatic heterocycles. The van der Waals surface area contributed by atoms with E-state index in [2.05, 4.69) is 33.9 Å². The molecule has 0 N–H and O–H groups in total. The van der Waals surface area contributed by atoms with Gasteiger partial charge in [-0.05, 0) is 31.0 Å². The summed E-state index contributed by atoms with van der Waals surface area (Å²) in [4.78, 5) is 21.4. The lowest BCUT2D eigenvalue weighted by atomic mass is 10.1. The molecule has 1 amide bonds. The number of carbonyl (C=O) groups is 1. The number of amides is 1. The van der Waals surface area contributed by atoms with Crippen molar-refractivity contribution in [2.24, 2.45) is 0 Å². The second kappa shape index (κ2) is 7.02. The normalized spacial score (nSPS) is 15.1. The highest BCUT2D eigenvalue weighted by molar-refractivity contribution is 5.93. The molecule has 8 heteroatoms. The van der Waals surface area contributed by atoms with Gasteiger partial charge in [0.1, 0.15) is 11.5 Å². The van der Waals surface area contributed by atoms with Gasteiger partial charge in [0.2, 0.25) is 0 Å². The topological polar surface area (TPSA) is 71.6 Å². The lowest BCUT2D eigenvalue weighted by Gasteiger charge is -2.35. The first-order valence-corrected chi connectivity index (χ1v) is 9.49. The first-order chi connectivity index (χ1) is 13.1. The third kappa shape index (κ3) is 3.27. The number of fused-ring (bicyclic) bond motifs is 1. The van der Waals surface area contributed by atoms with Crippen LogP contribution < -0.4 is 4.90 Å². The number of carbonyl (C=O) groups excluding carboxylic acids is 1. The van der Waals surface area contributed by atoms with E-state index in [0.717, 1.165) is 30.2 Å². The molecule has 3 aromatic rings. The molecular formula is C19H25N7O. The zero-order chi connectivity index (χ0) is 19.0. The molecule has 4 heterocycles. The van der Waals surface area contributed by atoms with Gasteiger partial charge in [-0.15, -0.1) is 5.10 Å². The summed E-state index contributed by atoms with van der Waals surface area (Å²) in [7, 11) is 0. The predicted octanol–water partition coefficient (Wildman–Crippen LogP) is 2.03. The van der Waals surface area contributed by atoms with E-state index in [0.29, 0.717) is 31.2 Å². The fraction of sp³-hybridized carbons (Fsp3) is 0.474. The van der Waals surface area contributed by atoms with E-state index in [1.807, 2.05) is 40.9 Å². The Kier molecular flexibility index (Phi) is 4.55. The quantitative estimate of drug-likeness (QED) is 0.706. The molecule has 1 aliphatic rings. The maximum atomic E-state index is 13.0. The Hall–Kier alpha value is -2.90. The summed E-state index contributed by atoms with van der Waals surface area (Å²) in [6.45, 7) is 9.78. The number of aromatic nitrogens is 5. The van der Waals surface area contributed by atoms with Crippen LogP contribution in [0.4, 0.5) is 5.82 Å². The zero-order valence-electron chi connectivity index (χ0n) is 16.0. The SMILES string of the molecule is CCn1nc(C(C)C)cc1C(=O)N1CCN(c2ccc3nccn3n2)CC1. The lowest BCUT2D eigenvalue weighted by Crippen LogP contribution is -2.49. The highest BCUT2D eigenvalue weighted by Gasteiger charge is 2.26. The van der Waals surface area contributed by atoms with Crippen LogP contribution in [-0.2, 0) is 6.54 Å². The molecule has 0 atom stereocenters. The lowest BCUT2D eigenvalue weighted by molar-refractivity contribution is 0.0734. The van der Waals surface area contributed by atoms with Crippen LogP contribution >= 0.6 is 0 Å². The van der Waals surface area contributed by atoms with E-state index in [4.69, 9.17) is 0 Å². The number of nitrogens with zero attached hydrogens (tertiary/aromatic N) is 7. The highest BCUT2D eigenvalue weighted by atomic mass is 16.2. The van der Waals surface area contributed by atoms with Crippen LogP contribution in [0.5, 0.6) is 0 Å². The molecule has 0 saturated carbocycles. The van der Waals surface area contributed by atoms with Crippen molar-refractivity contribution >= 4 is 17.4 Å². The van der Waals surface area contributed by atoms with Gasteiger partial charge in [0.25, 0.3) is 5.91 Å². The molecule has 0 aromatic carbocycles. The van der Waals surface area contributed by atoms with Crippen molar-refractivity contribution in [1.82, 2.24) is 29.3 Å². The summed E-state index contributed by atoms with van der Waals surface area (Å²) < 4.78 is 3.60. The molecule has 1 saturated heterocycles. The van der Waals surface area contributed by atoms with Crippen LogP contribution in [0.2, 0.25) is 0 Å². The fourth-order valence-corrected chi connectivity index (χ4v) is 3.41. The van der Waals surface area contributed by atoms with E-state index >= 15 is 0 Å². The van der Waals surface area contributed by atoms with E-state index in [1.54, 1.807) is 10.7 Å². The largest absolute Gasteiger partial charge is 0.352 e. The summed E-state index contributed by atoms with van der Waals surface area (Å²) >= 11 is 0. The minimum Gasteiger partial charge on any atom is -0.352 e.